The molecule has 2 aliphatic carbocycles. The monoisotopic (exact) mass is 287 g/mol. The van der Waals surface area contributed by atoms with Crippen molar-refractivity contribution >= 4 is 5.82 Å². The first-order valence-corrected chi connectivity index (χ1v) is 8.51. The van der Waals surface area contributed by atoms with E-state index in [9.17, 15) is 0 Å². The van der Waals surface area contributed by atoms with Gasteiger partial charge in [-0.15, -0.1) is 0 Å². The van der Waals surface area contributed by atoms with Crippen LogP contribution in [0.3, 0.4) is 0 Å². The molecule has 1 aliphatic heterocycles. The number of fused-ring (bicyclic) bond motifs is 1. The second-order valence-electron chi connectivity index (χ2n) is 6.89. The summed E-state index contributed by atoms with van der Waals surface area (Å²) in [6.45, 7) is 4.88. The van der Waals surface area contributed by atoms with E-state index in [0.29, 0.717) is 0 Å². The van der Waals surface area contributed by atoms with Gasteiger partial charge in [0.05, 0.1) is 12.2 Å². The van der Waals surface area contributed by atoms with Crippen LogP contribution in [0.15, 0.2) is 0 Å². The normalized spacial score (nSPS) is 24.3. The summed E-state index contributed by atoms with van der Waals surface area (Å²) in [6, 6.07) is 0. The zero-order valence-corrected chi connectivity index (χ0v) is 13.0. The smallest absolute Gasteiger partial charge is 0.135 e. The topological polar surface area (TPSA) is 38.2 Å². The summed E-state index contributed by atoms with van der Waals surface area (Å²) in [5, 5.41) is 0. The highest BCUT2D eigenvalue weighted by atomic mass is 16.5. The molecule has 4 rings (SSSR count). The third kappa shape index (κ3) is 2.44. The van der Waals surface area contributed by atoms with Gasteiger partial charge in [-0.1, -0.05) is 12.8 Å². The number of aromatic nitrogens is 2. The van der Waals surface area contributed by atoms with Crippen molar-refractivity contribution in [3.63, 3.8) is 0 Å². The molecule has 1 saturated carbocycles. The minimum absolute atomic E-state index is 0.110. The summed E-state index contributed by atoms with van der Waals surface area (Å²) in [7, 11) is 0. The van der Waals surface area contributed by atoms with E-state index in [0.717, 1.165) is 38.4 Å². The van der Waals surface area contributed by atoms with Gasteiger partial charge >= 0.3 is 0 Å². The Morgan fingerprint density at radius 1 is 1.05 bits per heavy atom. The average Bonchev–Trinajstić information content (AvgIpc) is 2.94. The summed E-state index contributed by atoms with van der Waals surface area (Å²) in [6.07, 6.45) is 9.89. The average molecular weight is 287 g/mol. The van der Waals surface area contributed by atoms with Gasteiger partial charge < -0.3 is 9.64 Å². The highest BCUT2D eigenvalue weighted by Gasteiger charge is 2.40. The van der Waals surface area contributed by atoms with Crippen molar-refractivity contribution in [2.24, 2.45) is 0 Å². The number of hydrogen-bond donors (Lipinski definition) is 0. The first-order valence-electron chi connectivity index (χ1n) is 8.51. The van der Waals surface area contributed by atoms with Crippen molar-refractivity contribution in [2.75, 3.05) is 24.6 Å². The van der Waals surface area contributed by atoms with E-state index in [2.05, 4.69) is 9.88 Å². The highest BCUT2D eigenvalue weighted by Crippen LogP contribution is 2.38. The number of anilines is 1. The Morgan fingerprint density at radius 3 is 2.71 bits per heavy atom. The van der Waals surface area contributed by atoms with Crippen LogP contribution in [0.1, 0.15) is 55.6 Å². The van der Waals surface area contributed by atoms with Crippen LogP contribution in [0, 0.1) is 6.92 Å². The van der Waals surface area contributed by atoms with Crippen LogP contribution in [0.4, 0.5) is 5.82 Å². The van der Waals surface area contributed by atoms with Crippen LogP contribution >= 0.6 is 0 Å². The molecule has 0 atom stereocenters. The quantitative estimate of drug-likeness (QED) is 0.796. The van der Waals surface area contributed by atoms with Gasteiger partial charge in [-0.3, -0.25) is 0 Å². The minimum Gasteiger partial charge on any atom is -0.371 e. The molecule has 1 aromatic rings. The third-order valence-electron chi connectivity index (χ3n) is 5.34. The second kappa shape index (κ2) is 5.24. The van der Waals surface area contributed by atoms with Crippen LogP contribution in [0.2, 0.25) is 0 Å². The van der Waals surface area contributed by atoms with E-state index in [-0.39, 0.29) is 5.60 Å². The van der Waals surface area contributed by atoms with E-state index in [1.165, 1.54) is 55.6 Å². The van der Waals surface area contributed by atoms with E-state index in [1.54, 1.807) is 0 Å². The lowest BCUT2D eigenvalue weighted by atomic mass is 9.94. The Morgan fingerprint density at radius 2 is 1.86 bits per heavy atom. The lowest BCUT2D eigenvalue weighted by Gasteiger charge is -2.42. The van der Waals surface area contributed by atoms with Crippen molar-refractivity contribution in [1.29, 1.82) is 0 Å². The fourth-order valence-electron chi connectivity index (χ4n) is 4.30. The molecule has 21 heavy (non-hydrogen) atoms. The molecular formula is C17H25N3O. The van der Waals surface area contributed by atoms with Crippen molar-refractivity contribution < 1.29 is 4.74 Å². The molecule has 1 aromatic heterocycles. The SMILES string of the molecule is Cc1nc2c(c(N3CCOC4(CCCC4)C3)n1)CCCC2. The van der Waals surface area contributed by atoms with Crippen molar-refractivity contribution in [1.82, 2.24) is 9.97 Å². The lowest BCUT2D eigenvalue weighted by molar-refractivity contribution is -0.0504. The van der Waals surface area contributed by atoms with Crippen molar-refractivity contribution in [3.05, 3.63) is 17.1 Å². The molecule has 0 radical (unpaired) electrons. The summed E-state index contributed by atoms with van der Waals surface area (Å²) < 4.78 is 6.17. The maximum absolute atomic E-state index is 6.17. The van der Waals surface area contributed by atoms with Crippen molar-refractivity contribution in [3.8, 4) is 0 Å². The predicted octanol–water partition coefficient (Wildman–Crippen LogP) is 2.81. The Bertz CT molecular complexity index is 537. The Hall–Kier alpha value is -1.16. The largest absolute Gasteiger partial charge is 0.371 e. The summed E-state index contributed by atoms with van der Waals surface area (Å²) >= 11 is 0. The first-order chi connectivity index (χ1) is 10.3. The standard InChI is InChI=1S/C17H25N3O/c1-13-18-15-7-3-2-6-14(15)16(19-13)20-10-11-21-17(12-20)8-4-5-9-17/h2-12H2,1H3. The van der Waals surface area contributed by atoms with Gasteiger partial charge in [-0.25, -0.2) is 9.97 Å². The maximum Gasteiger partial charge on any atom is 0.135 e. The molecule has 0 amide bonds. The molecule has 114 valence electrons. The molecule has 0 N–H and O–H groups in total. The number of morpholine rings is 1. The number of ether oxygens (including phenoxy) is 1. The number of rotatable bonds is 1. The van der Waals surface area contributed by atoms with E-state index < -0.39 is 0 Å². The van der Waals surface area contributed by atoms with Gasteiger partial charge in [0.15, 0.2) is 0 Å². The maximum atomic E-state index is 6.17. The number of nitrogens with zero attached hydrogens (tertiary/aromatic N) is 3. The van der Waals surface area contributed by atoms with Crippen LogP contribution < -0.4 is 4.90 Å². The molecule has 4 nitrogen and oxygen atoms in total. The second-order valence-corrected chi connectivity index (χ2v) is 6.89. The van der Waals surface area contributed by atoms with Crippen LogP contribution in [-0.4, -0.2) is 35.3 Å². The van der Waals surface area contributed by atoms with E-state index in [1.807, 2.05) is 6.92 Å². The Kier molecular flexibility index (Phi) is 3.37. The summed E-state index contributed by atoms with van der Waals surface area (Å²) in [4.78, 5) is 12.0. The van der Waals surface area contributed by atoms with Gasteiger partial charge in [0.25, 0.3) is 0 Å². The van der Waals surface area contributed by atoms with Gasteiger partial charge in [-0.2, -0.15) is 0 Å². The molecule has 0 unspecified atom stereocenters. The molecule has 1 saturated heterocycles. The summed E-state index contributed by atoms with van der Waals surface area (Å²) in [5.74, 6) is 2.14. The predicted molar refractivity (Wildman–Crippen MR) is 82.8 cm³/mol. The minimum atomic E-state index is 0.110. The van der Waals surface area contributed by atoms with Crippen LogP contribution in [0.5, 0.6) is 0 Å². The first kappa shape index (κ1) is 13.5. The molecule has 3 aliphatic rings. The third-order valence-corrected chi connectivity index (χ3v) is 5.34. The zero-order valence-electron chi connectivity index (χ0n) is 13.0. The number of aryl methyl sites for hydroxylation is 2. The highest BCUT2D eigenvalue weighted by molar-refractivity contribution is 5.51. The Labute approximate surface area is 126 Å². The van der Waals surface area contributed by atoms with Gasteiger partial charge in [0.2, 0.25) is 0 Å². The van der Waals surface area contributed by atoms with E-state index in [4.69, 9.17) is 9.72 Å². The lowest BCUT2D eigenvalue weighted by Crippen LogP contribution is -2.51. The van der Waals surface area contributed by atoms with Crippen LogP contribution in [-0.2, 0) is 17.6 Å². The molecule has 1 spiro atoms. The molecule has 2 fully saturated rings. The van der Waals surface area contributed by atoms with Gasteiger partial charge in [0.1, 0.15) is 11.6 Å². The molecule has 0 bridgehead atoms. The summed E-state index contributed by atoms with van der Waals surface area (Å²) in [5.41, 5.74) is 2.83. The fourth-order valence-corrected chi connectivity index (χ4v) is 4.30. The zero-order chi connectivity index (χ0) is 14.3. The van der Waals surface area contributed by atoms with Crippen LogP contribution in [0.25, 0.3) is 0 Å². The molecule has 4 heteroatoms. The molecular weight excluding hydrogens is 262 g/mol. The van der Waals surface area contributed by atoms with Crippen molar-refractivity contribution in [2.45, 2.75) is 63.9 Å². The molecule has 2 heterocycles. The Balaban J connectivity index is 1.67. The van der Waals surface area contributed by atoms with Gasteiger partial charge in [-0.05, 0) is 45.4 Å². The number of hydrogen-bond acceptors (Lipinski definition) is 4. The molecule has 0 aromatic carbocycles. The fraction of sp³-hybridized carbons (Fsp3) is 0.765. The van der Waals surface area contributed by atoms with E-state index >= 15 is 0 Å². The van der Waals surface area contributed by atoms with Gasteiger partial charge in [0, 0.05) is 24.3 Å².